The van der Waals surface area contributed by atoms with E-state index in [0.29, 0.717) is 17.1 Å². The van der Waals surface area contributed by atoms with E-state index in [9.17, 15) is 9.50 Å². The number of anilines is 2. The average molecular weight is 340 g/mol. The maximum absolute atomic E-state index is 14.2. The Morgan fingerprint density at radius 2 is 1.80 bits per heavy atom. The molecule has 0 unspecified atom stereocenters. The molecule has 0 aliphatic heterocycles. The van der Waals surface area contributed by atoms with Crippen molar-refractivity contribution in [3.8, 4) is 28.4 Å². The summed E-state index contributed by atoms with van der Waals surface area (Å²) in [4.78, 5) is 16.3. The quantitative estimate of drug-likeness (QED) is 0.669. The van der Waals surface area contributed by atoms with Gasteiger partial charge in [-0.3, -0.25) is 0 Å². The first-order valence-electron chi connectivity index (χ1n) is 7.62. The van der Waals surface area contributed by atoms with Crippen LogP contribution >= 0.6 is 0 Å². The van der Waals surface area contributed by atoms with Crippen LogP contribution in [0.25, 0.3) is 22.6 Å². The summed E-state index contributed by atoms with van der Waals surface area (Å²) in [6, 6.07) is 6.07. The molecule has 8 heteroatoms. The molecule has 3 heterocycles. The number of hydrogen-bond acceptors (Lipinski definition) is 7. The second-order valence-corrected chi connectivity index (χ2v) is 5.81. The summed E-state index contributed by atoms with van der Waals surface area (Å²) in [6.07, 6.45) is 1.39. The van der Waals surface area contributed by atoms with E-state index in [4.69, 9.17) is 11.5 Å². The Morgan fingerprint density at radius 3 is 2.52 bits per heavy atom. The minimum Gasteiger partial charge on any atom is -0.506 e. The summed E-state index contributed by atoms with van der Waals surface area (Å²) < 4.78 is 14.2. The first kappa shape index (κ1) is 16.6. The van der Waals surface area contributed by atoms with Crippen molar-refractivity contribution in [2.75, 3.05) is 11.5 Å². The Labute approximate surface area is 143 Å². The van der Waals surface area contributed by atoms with Crippen LogP contribution < -0.4 is 11.5 Å². The van der Waals surface area contributed by atoms with Crippen molar-refractivity contribution in [2.45, 2.75) is 19.8 Å². The molecular weight excluding hydrogens is 323 g/mol. The molecule has 0 aliphatic rings. The SMILES string of the molecule is CC(C)c1cc(-c2nc(-c3ccnc(N)c3F)ccc2O)nc(N)n1. The number of nitrogens with two attached hydrogens (primary N) is 2. The Balaban J connectivity index is 2.17. The van der Waals surface area contributed by atoms with Crippen LogP contribution in [0.4, 0.5) is 16.2 Å². The lowest BCUT2D eigenvalue weighted by atomic mass is 10.1. The molecule has 3 rings (SSSR count). The van der Waals surface area contributed by atoms with Crippen LogP contribution in [0.3, 0.4) is 0 Å². The van der Waals surface area contributed by atoms with Crippen molar-refractivity contribution in [2.24, 2.45) is 0 Å². The van der Waals surface area contributed by atoms with E-state index in [2.05, 4.69) is 19.9 Å². The van der Waals surface area contributed by atoms with Gasteiger partial charge in [0.05, 0.1) is 11.4 Å². The van der Waals surface area contributed by atoms with Gasteiger partial charge in [0.15, 0.2) is 11.6 Å². The summed E-state index contributed by atoms with van der Waals surface area (Å²) in [5.74, 6) is -0.794. The summed E-state index contributed by atoms with van der Waals surface area (Å²) >= 11 is 0. The van der Waals surface area contributed by atoms with Gasteiger partial charge < -0.3 is 16.6 Å². The molecule has 0 amide bonds. The van der Waals surface area contributed by atoms with Crippen molar-refractivity contribution < 1.29 is 9.50 Å². The molecule has 0 saturated heterocycles. The van der Waals surface area contributed by atoms with E-state index in [0.717, 1.165) is 0 Å². The van der Waals surface area contributed by atoms with Gasteiger partial charge in [0.25, 0.3) is 0 Å². The molecule has 128 valence electrons. The van der Waals surface area contributed by atoms with Gasteiger partial charge in [-0.25, -0.2) is 24.3 Å². The highest BCUT2D eigenvalue weighted by molar-refractivity contribution is 5.70. The fraction of sp³-hybridized carbons (Fsp3) is 0.176. The fourth-order valence-corrected chi connectivity index (χ4v) is 2.35. The molecule has 0 aliphatic carbocycles. The molecule has 0 bridgehead atoms. The van der Waals surface area contributed by atoms with E-state index >= 15 is 0 Å². The van der Waals surface area contributed by atoms with Crippen LogP contribution in [0.1, 0.15) is 25.5 Å². The zero-order valence-corrected chi connectivity index (χ0v) is 13.7. The van der Waals surface area contributed by atoms with Crippen molar-refractivity contribution in [1.82, 2.24) is 19.9 Å². The third-order valence-electron chi connectivity index (χ3n) is 3.66. The predicted octanol–water partition coefficient (Wildman–Crippen LogP) is 2.73. The van der Waals surface area contributed by atoms with E-state index in [-0.39, 0.29) is 34.7 Å². The predicted molar refractivity (Wildman–Crippen MR) is 93.0 cm³/mol. The third kappa shape index (κ3) is 3.18. The molecule has 5 N–H and O–H groups in total. The lowest BCUT2D eigenvalue weighted by Crippen LogP contribution is -2.03. The van der Waals surface area contributed by atoms with Gasteiger partial charge in [0.2, 0.25) is 5.95 Å². The number of hydrogen-bond donors (Lipinski definition) is 3. The second kappa shape index (κ2) is 6.31. The molecular formula is C17H17FN6O. The maximum atomic E-state index is 14.2. The van der Waals surface area contributed by atoms with E-state index in [1.54, 1.807) is 6.07 Å². The number of rotatable bonds is 3. The highest BCUT2D eigenvalue weighted by atomic mass is 19.1. The van der Waals surface area contributed by atoms with Crippen molar-refractivity contribution in [1.29, 1.82) is 0 Å². The third-order valence-corrected chi connectivity index (χ3v) is 3.66. The Kier molecular flexibility index (Phi) is 4.18. The first-order chi connectivity index (χ1) is 11.9. The topological polar surface area (TPSA) is 124 Å². The largest absolute Gasteiger partial charge is 0.506 e. The fourth-order valence-electron chi connectivity index (χ4n) is 2.35. The molecule has 0 radical (unpaired) electrons. The minimum absolute atomic E-state index is 0.0761. The number of nitrogen functional groups attached to an aromatic ring is 2. The molecule has 25 heavy (non-hydrogen) atoms. The molecule has 3 aromatic rings. The zero-order valence-electron chi connectivity index (χ0n) is 13.7. The number of halogens is 1. The molecule has 0 spiro atoms. The second-order valence-electron chi connectivity index (χ2n) is 5.81. The van der Waals surface area contributed by atoms with Gasteiger partial charge in [0, 0.05) is 17.5 Å². The van der Waals surface area contributed by atoms with Crippen molar-refractivity contribution >= 4 is 11.8 Å². The van der Waals surface area contributed by atoms with Gasteiger partial charge in [-0.1, -0.05) is 13.8 Å². The monoisotopic (exact) mass is 340 g/mol. The Bertz CT molecular complexity index is 944. The lowest BCUT2D eigenvalue weighted by molar-refractivity contribution is 0.475. The van der Waals surface area contributed by atoms with Crippen LogP contribution in [-0.4, -0.2) is 25.0 Å². The number of nitrogens with zero attached hydrogens (tertiary/aromatic N) is 4. The molecule has 0 aromatic carbocycles. The van der Waals surface area contributed by atoms with Crippen molar-refractivity contribution in [3.63, 3.8) is 0 Å². The van der Waals surface area contributed by atoms with Crippen molar-refractivity contribution in [3.05, 3.63) is 42.0 Å². The van der Waals surface area contributed by atoms with E-state index in [1.165, 1.54) is 24.4 Å². The molecule has 0 saturated carbocycles. The zero-order chi connectivity index (χ0) is 18.1. The van der Waals surface area contributed by atoms with Crippen LogP contribution in [0.15, 0.2) is 30.5 Å². The van der Waals surface area contributed by atoms with E-state index in [1.807, 2.05) is 13.8 Å². The standard InChI is InChI=1S/C17H17FN6O/c1-8(2)11-7-12(24-17(20)23-11)15-13(25)4-3-10(22-15)9-5-6-21-16(19)14(9)18/h3-8,25H,1-2H3,(H2,19,21)(H2,20,23,24). The van der Waals surface area contributed by atoms with Gasteiger partial charge in [-0.2, -0.15) is 0 Å². The van der Waals surface area contributed by atoms with Crippen LogP contribution in [0.2, 0.25) is 0 Å². The van der Waals surface area contributed by atoms with Gasteiger partial charge in [0.1, 0.15) is 11.4 Å². The summed E-state index contributed by atoms with van der Waals surface area (Å²) in [6.45, 7) is 3.93. The number of aromatic hydroxyl groups is 1. The van der Waals surface area contributed by atoms with Gasteiger partial charge in [-0.15, -0.1) is 0 Å². The van der Waals surface area contributed by atoms with Crippen LogP contribution in [-0.2, 0) is 0 Å². The molecule has 0 fully saturated rings. The molecule has 7 nitrogen and oxygen atoms in total. The Morgan fingerprint density at radius 1 is 1.04 bits per heavy atom. The first-order valence-corrected chi connectivity index (χ1v) is 7.62. The highest BCUT2D eigenvalue weighted by Crippen LogP contribution is 2.32. The molecule has 0 atom stereocenters. The summed E-state index contributed by atoms with van der Waals surface area (Å²) in [7, 11) is 0. The van der Waals surface area contributed by atoms with Gasteiger partial charge >= 0.3 is 0 Å². The minimum atomic E-state index is -0.670. The van der Waals surface area contributed by atoms with E-state index < -0.39 is 5.82 Å². The number of pyridine rings is 2. The van der Waals surface area contributed by atoms with Gasteiger partial charge in [-0.05, 0) is 30.2 Å². The number of aromatic nitrogens is 4. The summed E-state index contributed by atoms with van der Waals surface area (Å²) in [5, 5.41) is 10.2. The smallest absolute Gasteiger partial charge is 0.220 e. The van der Waals surface area contributed by atoms with Crippen LogP contribution in [0, 0.1) is 5.82 Å². The van der Waals surface area contributed by atoms with Crippen LogP contribution in [0.5, 0.6) is 5.75 Å². The highest BCUT2D eigenvalue weighted by Gasteiger charge is 2.16. The maximum Gasteiger partial charge on any atom is 0.220 e. The normalized spacial score (nSPS) is 11.0. The lowest BCUT2D eigenvalue weighted by Gasteiger charge is -2.11. The summed E-state index contributed by atoms with van der Waals surface area (Å²) in [5.41, 5.74) is 13.0. The average Bonchev–Trinajstić information content (AvgIpc) is 2.57. The Hall–Kier alpha value is -3.29. The molecule has 3 aromatic heterocycles.